The van der Waals surface area contributed by atoms with Crippen LogP contribution in [-0.4, -0.2) is 0 Å². The van der Waals surface area contributed by atoms with Crippen LogP contribution < -0.4 is 5.32 Å². The van der Waals surface area contributed by atoms with Gasteiger partial charge in [0.05, 0.1) is 11.3 Å². The molecule has 1 N–H and O–H groups in total. The van der Waals surface area contributed by atoms with Crippen molar-refractivity contribution in [2.24, 2.45) is 0 Å². The number of nitriles is 1. The quantitative estimate of drug-likeness (QED) is 0.776. The van der Waals surface area contributed by atoms with Crippen LogP contribution in [0.5, 0.6) is 0 Å². The predicted octanol–water partition coefficient (Wildman–Crippen LogP) is 4.70. The van der Waals surface area contributed by atoms with E-state index in [2.05, 4.69) is 27.9 Å². The highest BCUT2D eigenvalue weighted by molar-refractivity contribution is 14.1. The molecule has 90 valence electrons. The molecular weight excluding hydrogens is 366 g/mol. The Morgan fingerprint density at radius 3 is 2.61 bits per heavy atom. The molecule has 0 heterocycles. The van der Waals surface area contributed by atoms with Crippen molar-refractivity contribution >= 4 is 45.6 Å². The van der Waals surface area contributed by atoms with E-state index in [1.165, 1.54) is 12.1 Å². The van der Waals surface area contributed by atoms with Crippen LogP contribution in [0.1, 0.15) is 5.56 Å². The Morgan fingerprint density at radius 1 is 1.22 bits per heavy atom. The Labute approximate surface area is 123 Å². The summed E-state index contributed by atoms with van der Waals surface area (Å²) in [5.74, 6) is -0.536. The van der Waals surface area contributed by atoms with Crippen LogP contribution in [-0.2, 0) is 0 Å². The molecule has 0 amide bonds. The number of hydrogen-bond donors (Lipinski definition) is 1. The van der Waals surface area contributed by atoms with E-state index in [-0.39, 0.29) is 5.56 Å². The van der Waals surface area contributed by atoms with Crippen LogP contribution in [0.25, 0.3) is 0 Å². The molecule has 2 rings (SSSR count). The summed E-state index contributed by atoms with van der Waals surface area (Å²) in [7, 11) is 0. The molecule has 2 nitrogen and oxygen atoms in total. The average Bonchev–Trinajstić information content (AvgIpc) is 2.33. The van der Waals surface area contributed by atoms with Crippen LogP contribution in [0, 0.1) is 20.7 Å². The Hall–Kier alpha value is -1.32. The highest BCUT2D eigenvalue weighted by Crippen LogP contribution is 2.26. The van der Waals surface area contributed by atoms with Gasteiger partial charge in [-0.2, -0.15) is 5.26 Å². The first-order valence-electron chi connectivity index (χ1n) is 5.02. The molecule has 0 saturated heterocycles. The number of hydrogen-bond acceptors (Lipinski definition) is 2. The van der Waals surface area contributed by atoms with Gasteiger partial charge >= 0.3 is 0 Å². The third-order valence-corrected chi connectivity index (χ3v) is 3.43. The lowest BCUT2D eigenvalue weighted by molar-refractivity contribution is 0.624. The number of rotatable bonds is 2. The average molecular weight is 373 g/mol. The monoisotopic (exact) mass is 372 g/mol. The van der Waals surface area contributed by atoms with Gasteiger partial charge in [-0.15, -0.1) is 0 Å². The third-order valence-electron chi connectivity index (χ3n) is 2.30. The van der Waals surface area contributed by atoms with Crippen molar-refractivity contribution in [2.45, 2.75) is 0 Å². The molecule has 0 unspecified atom stereocenters. The molecule has 5 heteroatoms. The molecular formula is C13H7ClFIN2. The molecule has 2 aromatic carbocycles. The van der Waals surface area contributed by atoms with Gasteiger partial charge in [-0.3, -0.25) is 0 Å². The number of anilines is 2. The molecule has 2 aromatic rings. The van der Waals surface area contributed by atoms with E-state index in [9.17, 15) is 4.39 Å². The first kappa shape index (κ1) is 13.1. The summed E-state index contributed by atoms with van der Waals surface area (Å²) in [6, 6.07) is 11.6. The van der Waals surface area contributed by atoms with Crippen LogP contribution >= 0.6 is 34.2 Å². The number of halogens is 3. The third kappa shape index (κ3) is 2.92. The Morgan fingerprint density at radius 2 is 2.00 bits per heavy atom. The van der Waals surface area contributed by atoms with Gasteiger partial charge in [0.1, 0.15) is 11.9 Å². The summed E-state index contributed by atoms with van der Waals surface area (Å²) in [6.07, 6.45) is 0. The van der Waals surface area contributed by atoms with E-state index in [4.69, 9.17) is 16.9 Å². The van der Waals surface area contributed by atoms with Crippen molar-refractivity contribution in [3.8, 4) is 6.07 Å². The van der Waals surface area contributed by atoms with E-state index < -0.39 is 5.82 Å². The van der Waals surface area contributed by atoms with Gasteiger partial charge in [0, 0.05) is 14.3 Å². The maximum absolute atomic E-state index is 13.4. The van der Waals surface area contributed by atoms with Crippen LogP contribution in [0.3, 0.4) is 0 Å². The minimum Gasteiger partial charge on any atom is -0.355 e. The van der Waals surface area contributed by atoms with Gasteiger partial charge in [0.25, 0.3) is 0 Å². The molecule has 0 aliphatic rings. The largest absolute Gasteiger partial charge is 0.355 e. The first-order valence-corrected chi connectivity index (χ1v) is 6.47. The Balaban J connectivity index is 2.29. The molecule has 0 saturated carbocycles. The van der Waals surface area contributed by atoms with E-state index in [0.29, 0.717) is 10.7 Å². The lowest BCUT2D eigenvalue weighted by Crippen LogP contribution is -1.94. The minimum absolute atomic E-state index is 0.0337. The standard InChI is InChI=1S/C13H7ClFIN2/c14-9-2-4-13(12(16)5-9)18-10-3-1-8(7-17)11(15)6-10/h1-6,18H. The molecule has 0 aliphatic heterocycles. The fraction of sp³-hybridized carbons (Fsp3) is 0. The van der Waals surface area contributed by atoms with Gasteiger partial charge in [-0.1, -0.05) is 11.6 Å². The van der Waals surface area contributed by atoms with Gasteiger partial charge in [0.15, 0.2) is 0 Å². The molecule has 0 bridgehead atoms. The molecule has 18 heavy (non-hydrogen) atoms. The maximum Gasteiger partial charge on any atom is 0.143 e. The second kappa shape index (κ2) is 5.55. The van der Waals surface area contributed by atoms with Crippen molar-refractivity contribution in [1.82, 2.24) is 0 Å². The zero-order valence-corrected chi connectivity index (χ0v) is 12.0. The number of nitrogens with zero attached hydrogens (tertiary/aromatic N) is 1. The van der Waals surface area contributed by atoms with Crippen LogP contribution in [0.2, 0.25) is 5.02 Å². The Kier molecular flexibility index (Phi) is 4.04. The summed E-state index contributed by atoms with van der Waals surface area (Å²) in [5.41, 5.74) is 1.46. The van der Waals surface area contributed by atoms with Crippen molar-refractivity contribution in [1.29, 1.82) is 5.26 Å². The van der Waals surface area contributed by atoms with Crippen molar-refractivity contribution in [3.05, 3.63) is 56.4 Å². The normalized spacial score (nSPS) is 9.89. The second-order valence-corrected chi connectivity index (χ2v) is 5.15. The molecule has 0 aliphatic carbocycles. The van der Waals surface area contributed by atoms with E-state index in [1.54, 1.807) is 18.2 Å². The highest BCUT2D eigenvalue weighted by Gasteiger charge is 2.05. The van der Waals surface area contributed by atoms with E-state index >= 15 is 0 Å². The molecule has 0 radical (unpaired) electrons. The lowest BCUT2D eigenvalue weighted by atomic mass is 10.2. The summed E-state index contributed by atoms with van der Waals surface area (Å²) < 4.78 is 14.4. The van der Waals surface area contributed by atoms with Gasteiger partial charge < -0.3 is 5.32 Å². The summed E-state index contributed by atoms with van der Waals surface area (Å²) >= 11 is 8.00. The smallest absolute Gasteiger partial charge is 0.143 e. The maximum atomic E-state index is 13.4. The van der Waals surface area contributed by atoms with Gasteiger partial charge in [0.2, 0.25) is 0 Å². The number of benzene rings is 2. The van der Waals surface area contributed by atoms with Crippen molar-refractivity contribution < 1.29 is 4.39 Å². The summed E-state index contributed by atoms with van der Waals surface area (Å²) in [5, 5.41) is 12.4. The molecule has 0 aromatic heterocycles. The van der Waals surface area contributed by atoms with Gasteiger partial charge in [-0.05, 0) is 59.0 Å². The van der Waals surface area contributed by atoms with Gasteiger partial charge in [-0.25, -0.2) is 4.39 Å². The zero-order valence-electron chi connectivity index (χ0n) is 9.05. The van der Waals surface area contributed by atoms with E-state index in [0.717, 1.165) is 9.26 Å². The topological polar surface area (TPSA) is 35.8 Å². The summed E-state index contributed by atoms with van der Waals surface area (Å²) in [4.78, 5) is 0. The second-order valence-electron chi connectivity index (χ2n) is 3.56. The number of nitrogens with one attached hydrogen (secondary N) is 1. The first-order chi connectivity index (χ1) is 8.60. The minimum atomic E-state index is -0.536. The van der Waals surface area contributed by atoms with Crippen molar-refractivity contribution in [2.75, 3.05) is 5.32 Å². The molecule has 0 spiro atoms. The predicted molar refractivity (Wildman–Crippen MR) is 78.6 cm³/mol. The summed E-state index contributed by atoms with van der Waals surface area (Å²) in [6.45, 7) is 0. The highest BCUT2D eigenvalue weighted by atomic mass is 127. The van der Waals surface area contributed by atoms with E-state index in [1.807, 2.05) is 12.1 Å². The molecule has 0 fully saturated rings. The SMILES string of the molecule is N#Cc1ccc(Nc2ccc(Cl)cc2I)cc1F. The van der Waals surface area contributed by atoms with Crippen LogP contribution in [0.4, 0.5) is 15.8 Å². The zero-order chi connectivity index (χ0) is 13.1. The van der Waals surface area contributed by atoms with Crippen molar-refractivity contribution in [3.63, 3.8) is 0 Å². The fourth-order valence-electron chi connectivity index (χ4n) is 1.43. The fourth-order valence-corrected chi connectivity index (χ4v) is 2.44. The van der Waals surface area contributed by atoms with Crippen LogP contribution in [0.15, 0.2) is 36.4 Å². The Bertz CT molecular complexity index is 637. The molecule has 0 atom stereocenters. The lowest BCUT2D eigenvalue weighted by Gasteiger charge is -2.09.